The minimum atomic E-state index is -0.469. The topological polar surface area (TPSA) is 53.4 Å². The molecule has 1 aromatic heterocycles. The highest BCUT2D eigenvalue weighted by Gasteiger charge is 2.13. The first kappa shape index (κ1) is 12.2. The van der Waals surface area contributed by atoms with Crippen molar-refractivity contribution in [3.8, 4) is 11.5 Å². The smallest absolute Gasteiger partial charge is 0.364 e. The van der Waals surface area contributed by atoms with Gasteiger partial charge in [0.05, 0.1) is 7.11 Å². The maximum absolute atomic E-state index is 11.8. The summed E-state index contributed by atoms with van der Waals surface area (Å²) in [5.41, 5.74) is 1.20. The van der Waals surface area contributed by atoms with E-state index in [-0.39, 0.29) is 0 Å². The van der Waals surface area contributed by atoms with Crippen LogP contribution in [0.15, 0.2) is 30.3 Å². The average Bonchev–Trinajstić information content (AvgIpc) is 2.71. The summed E-state index contributed by atoms with van der Waals surface area (Å²) >= 11 is 0. The van der Waals surface area contributed by atoms with Crippen LogP contribution in [-0.4, -0.2) is 22.9 Å². The number of hydrogen-bond donors (Lipinski definition) is 0. The minimum absolute atomic E-state index is 0.297. The van der Waals surface area contributed by atoms with Gasteiger partial charge in [0.2, 0.25) is 0 Å². The van der Waals surface area contributed by atoms with Gasteiger partial charge in [-0.1, -0.05) is 0 Å². The molecule has 0 aliphatic rings. The van der Waals surface area contributed by atoms with E-state index in [1.165, 1.54) is 0 Å². The molecule has 0 fully saturated rings. The molecular weight excluding hydrogens is 232 g/mol. The van der Waals surface area contributed by atoms with Crippen LogP contribution in [0.4, 0.5) is 0 Å². The summed E-state index contributed by atoms with van der Waals surface area (Å²) < 4.78 is 11.8. The molecule has 0 spiro atoms. The first-order valence-corrected chi connectivity index (χ1v) is 5.47. The van der Waals surface area contributed by atoms with Crippen molar-refractivity contribution < 1.29 is 14.3 Å². The Labute approximate surface area is 105 Å². The van der Waals surface area contributed by atoms with Crippen LogP contribution in [0, 0.1) is 6.92 Å². The van der Waals surface area contributed by atoms with E-state index in [4.69, 9.17) is 9.47 Å². The summed E-state index contributed by atoms with van der Waals surface area (Å²) in [7, 11) is 3.36. The maximum atomic E-state index is 11.8. The van der Waals surface area contributed by atoms with Crippen LogP contribution in [0.2, 0.25) is 0 Å². The number of aromatic nitrogens is 2. The average molecular weight is 246 g/mol. The molecule has 18 heavy (non-hydrogen) atoms. The molecule has 2 aromatic rings. The number of nitrogens with zero attached hydrogens (tertiary/aromatic N) is 2. The summed E-state index contributed by atoms with van der Waals surface area (Å²) in [5, 5.41) is 4.06. The van der Waals surface area contributed by atoms with Gasteiger partial charge in [-0.25, -0.2) is 4.79 Å². The summed E-state index contributed by atoms with van der Waals surface area (Å²) in [6, 6.07) is 8.49. The molecule has 0 saturated carbocycles. The number of carbonyl (C=O) groups is 1. The van der Waals surface area contributed by atoms with Gasteiger partial charge in [0, 0.05) is 12.7 Å². The van der Waals surface area contributed by atoms with E-state index >= 15 is 0 Å². The molecule has 0 saturated heterocycles. The number of methoxy groups -OCH3 is 1. The van der Waals surface area contributed by atoms with E-state index in [9.17, 15) is 4.79 Å². The van der Waals surface area contributed by atoms with Gasteiger partial charge in [0.25, 0.3) is 0 Å². The fraction of sp³-hybridized carbons (Fsp3) is 0.231. The lowest BCUT2D eigenvalue weighted by Crippen LogP contribution is -2.09. The molecule has 1 heterocycles. The standard InChI is InChI=1S/C13H14N2O3/c1-9-8-12(14-15(9)2)13(16)18-11-6-4-10(17-3)5-7-11/h4-8H,1-3H3. The second kappa shape index (κ2) is 4.91. The Morgan fingerprint density at radius 3 is 2.33 bits per heavy atom. The van der Waals surface area contributed by atoms with Gasteiger partial charge in [-0.15, -0.1) is 0 Å². The Hall–Kier alpha value is -2.30. The van der Waals surface area contributed by atoms with Crippen LogP contribution in [0.3, 0.4) is 0 Å². The summed E-state index contributed by atoms with van der Waals surface area (Å²) in [4.78, 5) is 11.8. The molecule has 2 rings (SSSR count). The lowest BCUT2D eigenvalue weighted by Gasteiger charge is -2.03. The molecule has 0 N–H and O–H groups in total. The molecule has 0 radical (unpaired) electrons. The first-order chi connectivity index (χ1) is 8.60. The molecule has 1 aromatic carbocycles. The van der Waals surface area contributed by atoms with E-state index in [0.29, 0.717) is 17.2 Å². The van der Waals surface area contributed by atoms with Crippen LogP contribution in [0.5, 0.6) is 11.5 Å². The van der Waals surface area contributed by atoms with Crippen molar-refractivity contribution in [3.63, 3.8) is 0 Å². The zero-order chi connectivity index (χ0) is 13.1. The van der Waals surface area contributed by atoms with Crippen molar-refractivity contribution in [2.45, 2.75) is 6.92 Å². The Bertz CT molecular complexity index is 539. The van der Waals surface area contributed by atoms with Gasteiger partial charge in [-0.2, -0.15) is 5.10 Å². The molecule has 0 aliphatic carbocycles. The Balaban J connectivity index is 2.10. The van der Waals surface area contributed by atoms with Gasteiger partial charge in [-0.05, 0) is 37.3 Å². The Kier molecular flexibility index (Phi) is 3.32. The van der Waals surface area contributed by atoms with E-state index in [0.717, 1.165) is 5.69 Å². The maximum Gasteiger partial charge on any atom is 0.364 e. The largest absolute Gasteiger partial charge is 0.497 e. The molecular formula is C13H14N2O3. The third-order valence-electron chi connectivity index (χ3n) is 2.59. The van der Waals surface area contributed by atoms with Crippen molar-refractivity contribution in [2.75, 3.05) is 7.11 Å². The lowest BCUT2D eigenvalue weighted by molar-refractivity contribution is 0.0727. The molecule has 0 atom stereocenters. The lowest BCUT2D eigenvalue weighted by atomic mass is 10.3. The fourth-order valence-corrected chi connectivity index (χ4v) is 1.46. The third-order valence-corrected chi connectivity index (χ3v) is 2.59. The fourth-order valence-electron chi connectivity index (χ4n) is 1.46. The number of ether oxygens (including phenoxy) is 2. The van der Waals surface area contributed by atoms with E-state index in [2.05, 4.69) is 5.10 Å². The summed E-state index contributed by atoms with van der Waals surface area (Å²) in [6.45, 7) is 1.87. The monoisotopic (exact) mass is 246 g/mol. The van der Waals surface area contributed by atoms with Gasteiger partial charge in [0.1, 0.15) is 11.5 Å². The number of esters is 1. The highest BCUT2D eigenvalue weighted by atomic mass is 16.5. The van der Waals surface area contributed by atoms with Gasteiger partial charge < -0.3 is 9.47 Å². The summed E-state index contributed by atoms with van der Waals surface area (Å²) in [6.07, 6.45) is 0. The second-order valence-corrected chi connectivity index (χ2v) is 3.86. The molecule has 0 amide bonds. The molecule has 0 aliphatic heterocycles. The van der Waals surface area contributed by atoms with Crippen LogP contribution in [-0.2, 0) is 7.05 Å². The van der Waals surface area contributed by atoms with Crippen LogP contribution in [0.25, 0.3) is 0 Å². The highest BCUT2D eigenvalue weighted by molar-refractivity contribution is 5.89. The second-order valence-electron chi connectivity index (χ2n) is 3.86. The van der Waals surface area contributed by atoms with Crippen molar-refractivity contribution in [1.82, 2.24) is 9.78 Å². The molecule has 5 nitrogen and oxygen atoms in total. The van der Waals surface area contributed by atoms with Crippen LogP contribution < -0.4 is 9.47 Å². The normalized spacial score (nSPS) is 10.2. The van der Waals surface area contributed by atoms with E-state index < -0.39 is 5.97 Å². The molecule has 94 valence electrons. The van der Waals surface area contributed by atoms with Gasteiger partial charge in [0.15, 0.2) is 5.69 Å². The number of carbonyl (C=O) groups excluding carboxylic acids is 1. The van der Waals surface area contributed by atoms with Crippen molar-refractivity contribution >= 4 is 5.97 Å². The molecule has 5 heteroatoms. The van der Waals surface area contributed by atoms with Crippen LogP contribution in [0.1, 0.15) is 16.2 Å². The molecule has 0 bridgehead atoms. The minimum Gasteiger partial charge on any atom is -0.497 e. The SMILES string of the molecule is COc1ccc(OC(=O)c2cc(C)n(C)n2)cc1. The third kappa shape index (κ3) is 2.51. The molecule has 0 unspecified atom stereocenters. The predicted molar refractivity (Wildman–Crippen MR) is 65.9 cm³/mol. The number of hydrogen-bond acceptors (Lipinski definition) is 4. The predicted octanol–water partition coefficient (Wildman–Crippen LogP) is 1.96. The quantitative estimate of drug-likeness (QED) is 0.613. The Morgan fingerprint density at radius 1 is 1.22 bits per heavy atom. The number of rotatable bonds is 3. The van der Waals surface area contributed by atoms with Crippen molar-refractivity contribution in [1.29, 1.82) is 0 Å². The van der Waals surface area contributed by atoms with Crippen molar-refractivity contribution in [2.24, 2.45) is 7.05 Å². The number of benzene rings is 1. The van der Waals surface area contributed by atoms with E-state index in [1.54, 1.807) is 49.2 Å². The summed E-state index contributed by atoms with van der Waals surface area (Å²) in [5.74, 6) is 0.705. The van der Waals surface area contributed by atoms with Gasteiger partial charge in [-0.3, -0.25) is 4.68 Å². The number of aryl methyl sites for hydroxylation is 2. The van der Waals surface area contributed by atoms with E-state index in [1.807, 2.05) is 6.92 Å². The first-order valence-electron chi connectivity index (χ1n) is 5.47. The van der Waals surface area contributed by atoms with Crippen molar-refractivity contribution in [3.05, 3.63) is 41.7 Å². The zero-order valence-electron chi connectivity index (χ0n) is 10.5. The zero-order valence-corrected chi connectivity index (χ0v) is 10.5. The Morgan fingerprint density at radius 2 is 1.83 bits per heavy atom. The van der Waals surface area contributed by atoms with Crippen LogP contribution >= 0.6 is 0 Å². The van der Waals surface area contributed by atoms with Gasteiger partial charge >= 0.3 is 5.97 Å². The highest BCUT2D eigenvalue weighted by Crippen LogP contribution is 2.18.